The minimum atomic E-state index is -0.675. The lowest BCUT2D eigenvalue weighted by molar-refractivity contribution is -0.140. The summed E-state index contributed by atoms with van der Waals surface area (Å²) in [5, 5.41) is 11.8. The molecule has 0 radical (unpaired) electrons. The lowest BCUT2D eigenvalue weighted by atomic mass is 10.2. The van der Waals surface area contributed by atoms with Gasteiger partial charge in [0.05, 0.1) is 13.2 Å². The van der Waals surface area contributed by atoms with Crippen molar-refractivity contribution in [1.29, 1.82) is 5.26 Å². The number of hydrogen-bond acceptors (Lipinski definition) is 7. The molecule has 0 N–H and O–H groups in total. The van der Waals surface area contributed by atoms with Crippen molar-refractivity contribution in [3.05, 3.63) is 28.8 Å². The molecule has 0 rings (SSSR count). The molecule has 0 amide bonds. The second-order valence-corrected chi connectivity index (χ2v) is 4.61. The molecule has 0 aliphatic heterocycles. The van der Waals surface area contributed by atoms with Gasteiger partial charge in [-0.3, -0.25) is 0 Å². The SMILES string of the molecule is CCCCN(/C=C/C=C(\C#N)C(=O)OCCOCC)CCN=O. The molecule has 0 aliphatic rings. The molecular formula is C16H25N3O4. The van der Waals surface area contributed by atoms with Crippen LogP contribution in [0.5, 0.6) is 0 Å². The Bertz CT molecular complexity index is 441. The van der Waals surface area contributed by atoms with E-state index in [4.69, 9.17) is 14.7 Å². The normalized spacial score (nSPS) is 11.3. The summed E-state index contributed by atoms with van der Waals surface area (Å²) in [6.07, 6.45) is 6.76. The maximum atomic E-state index is 11.7. The van der Waals surface area contributed by atoms with Crippen molar-refractivity contribution in [2.45, 2.75) is 26.7 Å². The minimum Gasteiger partial charge on any atom is -0.459 e. The van der Waals surface area contributed by atoms with Gasteiger partial charge < -0.3 is 14.4 Å². The number of rotatable bonds is 13. The second kappa shape index (κ2) is 14.7. The number of carbonyl (C=O) groups excluding carboxylic acids is 1. The Morgan fingerprint density at radius 2 is 2.09 bits per heavy atom. The van der Waals surface area contributed by atoms with E-state index in [9.17, 15) is 9.70 Å². The Kier molecular flexibility index (Phi) is 13.3. The molecule has 7 heteroatoms. The van der Waals surface area contributed by atoms with Crippen molar-refractivity contribution in [3.8, 4) is 6.07 Å². The van der Waals surface area contributed by atoms with Gasteiger partial charge in [0.1, 0.15) is 18.2 Å². The van der Waals surface area contributed by atoms with Crippen LogP contribution in [-0.2, 0) is 14.3 Å². The van der Waals surface area contributed by atoms with Crippen LogP contribution in [0.2, 0.25) is 0 Å². The summed E-state index contributed by atoms with van der Waals surface area (Å²) < 4.78 is 9.98. The third-order valence-electron chi connectivity index (χ3n) is 2.84. The molecule has 7 nitrogen and oxygen atoms in total. The molecule has 0 aromatic rings. The van der Waals surface area contributed by atoms with Crippen molar-refractivity contribution in [2.24, 2.45) is 5.18 Å². The molecule has 0 unspecified atom stereocenters. The first kappa shape index (κ1) is 20.8. The average Bonchev–Trinajstić information content (AvgIpc) is 2.57. The monoisotopic (exact) mass is 323 g/mol. The van der Waals surface area contributed by atoms with Crippen LogP contribution < -0.4 is 0 Å². The number of unbranched alkanes of at least 4 members (excludes halogenated alkanes) is 1. The van der Waals surface area contributed by atoms with Crippen LogP contribution >= 0.6 is 0 Å². The van der Waals surface area contributed by atoms with Crippen LogP contribution in [-0.4, -0.2) is 50.3 Å². The van der Waals surface area contributed by atoms with Crippen molar-refractivity contribution in [3.63, 3.8) is 0 Å². The standard InChI is InChI=1S/C16H25N3O4/c1-3-5-9-19(11-8-18-21)10-6-7-15(14-17)16(20)23-13-12-22-4-2/h6-7,10H,3-5,8-9,11-13H2,1-2H3/b10-6+,15-7+. The smallest absolute Gasteiger partial charge is 0.348 e. The van der Waals surface area contributed by atoms with E-state index in [1.165, 1.54) is 6.08 Å². The van der Waals surface area contributed by atoms with E-state index in [0.717, 1.165) is 19.4 Å². The van der Waals surface area contributed by atoms with E-state index in [2.05, 4.69) is 12.1 Å². The highest BCUT2D eigenvalue weighted by molar-refractivity contribution is 5.93. The van der Waals surface area contributed by atoms with Crippen LogP contribution in [0.1, 0.15) is 26.7 Å². The highest BCUT2D eigenvalue weighted by Crippen LogP contribution is 2.00. The van der Waals surface area contributed by atoms with E-state index < -0.39 is 5.97 Å². The van der Waals surface area contributed by atoms with Gasteiger partial charge in [-0.15, -0.1) is 0 Å². The summed E-state index contributed by atoms with van der Waals surface area (Å²) in [4.78, 5) is 23.8. The summed E-state index contributed by atoms with van der Waals surface area (Å²) in [5.74, 6) is -0.675. The number of carbonyl (C=O) groups is 1. The van der Waals surface area contributed by atoms with Gasteiger partial charge in [0.15, 0.2) is 0 Å². The predicted molar refractivity (Wildman–Crippen MR) is 87.4 cm³/mol. The van der Waals surface area contributed by atoms with Gasteiger partial charge in [0, 0.05) is 19.7 Å². The van der Waals surface area contributed by atoms with Crippen molar-refractivity contribution in [2.75, 3.05) is 39.5 Å². The quantitative estimate of drug-likeness (QED) is 0.129. The molecule has 0 bridgehead atoms. The first-order valence-corrected chi connectivity index (χ1v) is 7.76. The lowest BCUT2D eigenvalue weighted by Crippen LogP contribution is -2.21. The summed E-state index contributed by atoms with van der Waals surface area (Å²) in [5.41, 5.74) is -0.0818. The van der Waals surface area contributed by atoms with Crippen LogP contribution in [0.3, 0.4) is 0 Å². The summed E-state index contributed by atoms with van der Waals surface area (Å²) in [6.45, 7) is 6.38. The van der Waals surface area contributed by atoms with Gasteiger partial charge in [0.2, 0.25) is 0 Å². The Morgan fingerprint density at radius 3 is 2.70 bits per heavy atom. The largest absolute Gasteiger partial charge is 0.459 e. The van der Waals surface area contributed by atoms with Gasteiger partial charge in [-0.05, 0) is 31.7 Å². The zero-order valence-corrected chi connectivity index (χ0v) is 13.9. The molecular weight excluding hydrogens is 298 g/mol. The number of allylic oxidation sites excluding steroid dienone is 2. The van der Waals surface area contributed by atoms with Gasteiger partial charge >= 0.3 is 5.97 Å². The Balaban J connectivity index is 4.52. The number of ether oxygens (including phenoxy) is 2. The van der Waals surface area contributed by atoms with E-state index in [0.29, 0.717) is 19.8 Å². The second-order valence-electron chi connectivity index (χ2n) is 4.61. The van der Waals surface area contributed by atoms with Crippen LogP contribution in [0.4, 0.5) is 0 Å². The number of nitroso groups, excluding NO2 is 1. The zero-order valence-electron chi connectivity index (χ0n) is 13.9. The van der Waals surface area contributed by atoms with Crippen molar-refractivity contribution < 1.29 is 14.3 Å². The fraction of sp³-hybridized carbons (Fsp3) is 0.625. The lowest BCUT2D eigenvalue weighted by Gasteiger charge is -2.17. The molecule has 0 atom stereocenters. The average molecular weight is 323 g/mol. The number of nitrogens with zero attached hydrogens (tertiary/aromatic N) is 3. The van der Waals surface area contributed by atoms with Crippen molar-refractivity contribution in [1.82, 2.24) is 4.90 Å². The molecule has 0 aromatic heterocycles. The summed E-state index contributed by atoms with van der Waals surface area (Å²) in [7, 11) is 0. The zero-order chi connectivity index (χ0) is 17.3. The first-order chi connectivity index (χ1) is 11.2. The fourth-order valence-electron chi connectivity index (χ4n) is 1.62. The molecule has 0 fully saturated rings. The van der Waals surface area contributed by atoms with Crippen molar-refractivity contribution >= 4 is 5.97 Å². The van der Waals surface area contributed by atoms with Crippen LogP contribution in [0.25, 0.3) is 0 Å². The maximum absolute atomic E-state index is 11.7. The van der Waals surface area contributed by atoms with E-state index in [-0.39, 0.29) is 18.7 Å². The third-order valence-corrected chi connectivity index (χ3v) is 2.84. The fourth-order valence-corrected chi connectivity index (χ4v) is 1.62. The Morgan fingerprint density at radius 1 is 1.30 bits per heavy atom. The van der Waals surface area contributed by atoms with Crippen LogP contribution in [0.15, 0.2) is 29.1 Å². The maximum Gasteiger partial charge on any atom is 0.348 e. The molecule has 0 heterocycles. The first-order valence-electron chi connectivity index (χ1n) is 7.76. The number of nitriles is 1. The van der Waals surface area contributed by atoms with Gasteiger partial charge in [-0.25, -0.2) is 4.79 Å². The van der Waals surface area contributed by atoms with E-state index in [1.54, 1.807) is 12.3 Å². The molecule has 0 saturated heterocycles. The topological polar surface area (TPSA) is 92.0 Å². The predicted octanol–water partition coefficient (Wildman–Crippen LogP) is 2.40. The summed E-state index contributed by atoms with van der Waals surface area (Å²) >= 11 is 0. The van der Waals surface area contributed by atoms with E-state index >= 15 is 0 Å². The summed E-state index contributed by atoms with van der Waals surface area (Å²) in [6, 6.07) is 1.81. The minimum absolute atomic E-state index is 0.0818. The highest BCUT2D eigenvalue weighted by atomic mass is 16.6. The molecule has 0 spiro atoms. The number of esters is 1. The van der Waals surface area contributed by atoms with Crippen LogP contribution in [0, 0.1) is 16.2 Å². The third kappa shape index (κ3) is 11.1. The molecule has 0 saturated carbocycles. The van der Waals surface area contributed by atoms with E-state index in [1.807, 2.05) is 17.9 Å². The Hall–Kier alpha value is -2.20. The van der Waals surface area contributed by atoms with Gasteiger partial charge in [-0.2, -0.15) is 10.2 Å². The van der Waals surface area contributed by atoms with Gasteiger partial charge in [0.25, 0.3) is 0 Å². The number of hydrogen-bond donors (Lipinski definition) is 0. The Labute approximate surface area is 137 Å². The molecule has 128 valence electrons. The molecule has 0 aromatic carbocycles. The molecule has 23 heavy (non-hydrogen) atoms. The molecule has 0 aliphatic carbocycles. The highest BCUT2D eigenvalue weighted by Gasteiger charge is 2.09. The van der Waals surface area contributed by atoms with Gasteiger partial charge in [-0.1, -0.05) is 18.5 Å².